The maximum Gasteiger partial charge on any atom is 0.248 e. The van der Waals surface area contributed by atoms with Crippen LogP contribution in [0.1, 0.15) is 28.8 Å². The van der Waals surface area contributed by atoms with Crippen molar-refractivity contribution in [3.63, 3.8) is 0 Å². The Balaban J connectivity index is 1.57. The van der Waals surface area contributed by atoms with Crippen molar-refractivity contribution >= 4 is 29.1 Å². The highest BCUT2D eigenvalue weighted by Gasteiger charge is 2.25. The van der Waals surface area contributed by atoms with Gasteiger partial charge in [0.2, 0.25) is 11.8 Å². The summed E-state index contributed by atoms with van der Waals surface area (Å²) in [6, 6.07) is 14.5. The third kappa shape index (κ3) is 4.84. The molecule has 0 aliphatic carbocycles. The quantitative estimate of drug-likeness (QED) is 0.846. The minimum absolute atomic E-state index is 0.0117. The van der Waals surface area contributed by atoms with Crippen LogP contribution in [0.2, 0.25) is 5.02 Å². The van der Waals surface area contributed by atoms with Crippen LogP contribution in [-0.2, 0) is 11.3 Å². The molecule has 1 heterocycles. The number of hydrogen-bond donors (Lipinski definition) is 2. The summed E-state index contributed by atoms with van der Waals surface area (Å²) in [6.07, 6.45) is 1.87. The van der Waals surface area contributed by atoms with Crippen molar-refractivity contribution in [3.8, 4) is 0 Å². The van der Waals surface area contributed by atoms with E-state index in [-0.39, 0.29) is 11.8 Å². The molecule has 3 N–H and O–H groups in total. The number of halogens is 1. The fourth-order valence-corrected chi connectivity index (χ4v) is 3.35. The van der Waals surface area contributed by atoms with Crippen LogP contribution in [0.3, 0.4) is 0 Å². The SMILES string of the molecule is NC(=O)c1ccc(NC(=O)C2CCCN(Cc3ccc(Cl)cc3)C2)cc1. The second-order valence-electron chi connectivity index (χ2n) is 6.63. The van der Waals surface area contributed by atoms with Crippen molar-refractivity contribution in [2.75, 3.05) is 18.4 Å². The van der Waals surface area contributed by atoms with Gasteiger partial charge in [-0.15, -0.1) is 0 Å². The monoisotopic (exact) mass is 371 g/mol. The van der Waals surface area contributed by atoms with Gasteiger partial charge in [-0.25, -0.2) is 0 Å². The Bertz CT molecular complexity index is 775. The van der Waals surface area contributed by atoms with Crippen molar-refractivity contribution in [1.82, 2.24) is 4.90 Å². The average molecular weight is 372 g/mol. The van der Waals surface area contributed by atoms with Crippen molar-refractivity contribution in [1.29, 1.82) is 0 Å². The zero-order chi connectivity index (χ0) is 18.5. The maximum absolute atomic E-state index is 12.6. The Labute approximate surface area is 158 Å². The van der Waals surface area contributed by atoms with Crippen LogP contribution in [0.15, 0.2) is 48.5 Å². The lowest BCUT2D eigenvalue weighted by Gasteiger charge is -2.32. The smallest absolute Gasteiger partial charge is 0.248 e. The molecule has 1 atom stereocenters. The van der Waals surface area contributed by atoms with E-state index in [0.29, 0.717) is 11.3 Å². The Morgan fingerprint density at radius 1 is 1.12 bits per heavy atom. The number of hydrogen-bond acceptors (Lipinski definition) is 3. The first-order valence-electron chi connectivity index (χ1n) is 8.69. The molecule has 2 amide bonds. The van der Waals surface area contributed by atoms with E-state index in [4.69, 9.17) is 17.3 Å². The van der Waals surface area contributed by atoms with Gasteiger partial charge in [0.25, 0.3) is 0 Å². The van der Waals surface area contributed by atoms with Gasteiger partial charge in [-0.05, 0) is 61.3 Å². The van der Waals surface area contributed by atoms with E-state index >= 15 is 0 Å². The number of nitrogens with one attached hydrogen (secondary N) is 1. The number of nitrogens with two attached hydrogens (primary N) is 1. The minimum atomic E-state index is -0.479. The van der Waals surface area contributed by atoms with E-state index in [1.165, 1.54) is 5.56 Å². The zero-order valence-corrected chi connectivity index (χ0v) is 15.2. The summed E-state index contributed by atoms with van der Waals surface area (Å²) in [4.78, 5) is 26.0. The minimum Gasteiger partial charge on any atom is -0.366 e. The standard InChI is InChI=1S/C20H22ClN3O2/c21-17-7-3-14(4-8-17)12-24-11-1-2-16(13-24)20(26)23-18-9-5-15(6-10-18)19(22)25/h3-10,16H,1-2,11-13H2,(H2,22,25)(H,23,26). The normalized spacial score (nSPS) is 17.7. The third-order valence-corrected chi connectivity index (χ3v) is 4.88. The lowest BCUT2D eigenvalue weighted by atomic mass is 9.96. The number of carbonyl (C=O) groups excluding carboxylic acids is 2. The molecule has 5 nitrogen and oxygen atoms in total. The van der Waals surface area contributed by atoms with E-state index in [9.17, 15) is 9.59 Å². The van der Waals surface area contributed by atoms with Gasteiger partial charge in [0.1, 0.15) is 0 Å². The highest BCUT2D eigenvalue weighted by molar-refractivity contribution is 6.30. The van der Waals surface area contributed by atoms with E-state index in [2.05, 4.69) is 10.2 Å². The summed E-state index contributed by atoms with van der Waals surface area (Å²) in [7, 11) is 0. The number of carbonyl (C=O) groups is 2. The molecule has 0 spiro atoms. The number of benzene rings is 2. The Kier molecular flexibility index (Phi) is 5.91. The molecule has 0 radical (unpaired) electrons. The number of amides is 2. The number of nitrogens with zero attached hydrogens (tertiary/aromatic N) is 1. The average Bonchev–Trinajstić information content (AvgIpc) is 2.64. The molecule has 2 aromatic rings. The van der Waals surface area contributed by atoms with Crippen molar-refractivity contribution in [2.45, 2.75) is 19.4 Å². The first-order valence-corrected chi connectivity index (χ1v) is 9.06. The molecule has 0 bridgehead atoms. The van der Waals surface area contributed by atoms with Gasteiger partial charge < -0.3 is 11.1 Å². The molecule has 6 heteroatoms. The van der Waals surface area contributed by atoms with Crippen LogP contribution in [0.25, 0.3) is 0 Å². The van der Waals surface area contributed by atoms with Gasteiger partial charge in [-0.3, -0.25) is 14.5 Å². The largest absolute Gasteiger partial charge is 0.366 e. The first-order chi connectivity index (χ1) is 12.5. The predicted octanol–water partition coefficient (Wildman–Crippen LogP) is 3.29. The summed E-state index contributed by atoms with van der Waals surface area (Å²) < 4.78 is 0. The molecule has 26 heavy (non-hydrogen) atoms. The maximum atomic E-state index is 12.6. The van der Waals surface area contributed by atoms with Gasteiger partial charge >= 0.3 is 0 Å². The van der Waals surface area contributed by atoms with Gasteiger partial charge in [0.05, 0.1) is 5.92 Å². The second kappa shape index (κ2) is 8.34. The van der Waals surface area contributed by atoms with Crippen LogP contribution in [-0.4, -0.2) is 29.8 Å². The summed E-state index contributed by atoms with van der Waals surface area (Å²) >= 11 is 5.93. The zero-order valence-electron chi connectivity index (χ0n) is 14.5. The highest BCUT2D eigenvalue weighted by Crippen LogP contribution is 2.21. The lowest BCUT2D eigenvalue weighted by Crippen LogP contribution is -2.40. The molecule has 1 aliphatic rings. The molecule has 1 saturated heterocycles. The van der Waals surface area contributed by atoms with Crippen LogP contribution in [0.5, 0.6) is 0 Å². The third-order valence-electron chi connectivity index (χ3n) is 4.63. The summed E-state index contributed by atoms with van der Waals surface area (Å²) in [5.41, 5.74) is 7.52. The topological polar surface area (TPSA) is 75.4 Å². The molecule has 0 aromatic heterocycles. The fourth-order valence-electron chi connectivity index (χ4n) is 3.22. The van der Waals surface area contributed by atoms with E-state index in [1.54, 1.807) is 24.3 Å². The van der Waals surface area contributed by atoms with Crippen molar-refractivity contribution in [2.24, 2.45) is 11.7 Å². The van der Waals surface area contributed by atoms with Gasteiger partial charge in [0.15, 0.2) is 0 Å². The molecular weight excluding hydrogens is 350 g/mol. The molecule has 1 unspecified atom stereocenters. The van der Waals surface area contributed by atoms with Crippen LogP contribution >= 0.6 is 11.6 Å². The second-order valence-corrected chi connectivity index (χ2v) is 7.07. The molecule has 1 aliphatic heterocycles. The van der Waals surface area contributed by atoms with Crippen molar-refractivity contribution < 1.29 is 9.59 Å². The lowest BCUT2D eigenvalue weighted by molar-refractivity contribution is -0.121. The van der Waals surface area contributed by atoms with Gasteiger partial charge in [0, 0.05) is 29.4 Å². The van der Waals surface area contributed by atoms with Gasteiger partial charge in [-0.1, -0.05) is 23.7 Å². The van der Waals surface area contributed by atoms with Gasteiger partial charge in [-0.2, -0.15) is 0 Å². The molecular formula is C20H22ClN3O2. The van der Waals surface area contributed by atoms with Crippen LogP contribution in [0, 0.1) is 5.92 Å². The number of rotatable bonds is 5. The number of primary amides is 1. The van der Waals surface area contributed by atoms with Crippen LogP contribution < -0.4 is 11.1 Å². The van der Waals surface area contributed by atoms with E-state index in [1.807, 2.05) is 24.3 Å². The summed E-state index contributed by atoms with van der Waals surface area (Å²) in [5.74, 6) is -0.516. The predicted molar refractivity (Wildman–Crippen MR) is 103 cm³/mol. The molecule has 0 saturated carbocycles. The Hall–Kier alpha value is -2.37. The van der Waals surface area contributed by atoms with Crippen LogP contribution in [0.4, 0.5) is 5.69 Å². The number of piperidine rings is 1. The first kappa shape index (κ1) is 18.4. The molecule has 3 rings (SSSR count). The summed E-state index contributed by atoms with van der Waals surface area (Å²) in [5, 5.41) is 3.66. The molecule has 136 valence electrons. The van der Waals surface area contributed by atoms with E-state index < -0.39 is 5.91 Å². The molecule has 2 aromatic carbocycles. The number of likely N-dealkylation sites (tertiary alicyclic amines) is 1. The Morgan fingerprint density at radius 3 is 2.46 bits per heavy atom. The van der Waals surface area contributed by atoms with E-state index in [0.717, 1.165) is 37.5 Å². The molecule has 1 fully saturated rings. The van der Waals surface area contributed by atoms with Crippen molar-refractivity contribution in [3.05, 3.63) is 64.7 Å². The summed E-state index contributed by atoms with van der Waals surface area (Å²) in [6.45, 7) is 2.53. The fraction of sp³-hybridized carbons (Fsp3) is 0.300. The number of anilines is 1. The highest BCUT2D eigenvalue weighted by atomic mass is 35.5. The Morgan fingerprint density at radius 2 is 1.81 bits per heavy atom.